The minimum absolute atomic E-state index is 0.412. The second kappa shape index (κ2) is 5.77. The molecule has 0 radical (unpaired) electrons. The molecule has 2 aromatic heterocycles. The van der Waals surface area contributed by atoms with Gasteiger partial charge in [-0.1, -0.05) is 6.92 Å². The number of aromatic nitrogens is 5. The molecule has 0 spiro atoms. The molecule has 1 atom stereocenters. The third-order valence-electron chi connectivity index (χ3n) is 3.54. The summed E-state index contributed by atoms with van der Waals surface area (Å²) in [5.74, 6) is -0.356. The van der Waals surface area contributed by atoms with Crippen molar-refractivity contribution < 1.29 is 9.90 Å². The first-order valence-electron chi connectivity index (χ1n) is 6.48. The van der Waals surface area contributed by atoms with Crippen LogP contribution < -0.4 is 0 Å². The van der Waals surface area contributed by atoms with E-state index in [0.29, 0.717) is 18.7 Å². The van der Waals surface area contributed by atoms with Gasteiger partial charge in [0, 0.05) is 18.8 Å². The Kier molecular flexibility index (Phi) is 4.07. The van der Waals surface area contributed by atoms with E-state index in [9.17, 15) is 9.90 Å². The van der Waals surface area contributed by atoms with Gasteiger partial charge in [0.2, 0.25) is 0 Å². The van der Waals surface area contributed by atoms with Gasteiger partial charge in [-0.2, -0.15) is 0 Å². The van der Waals surface area contributed by atoms with Crippen LogP contribution in [0.1, 0.15) is 31.7 Å². The van der Waals surface area contributed by atoms with Gasteiger partial charge in [0.25, 0.3) is 0 Å². The summed E-state index contributed by atoms with van der Waals surface area (Å²) in [5.41, 5.74) is -0.0000514. The lowest BCUT2D eigenvalue weighted by Crippen LogP contribution is -2.40. The number of aliphatic carboxylic acids is 1. The number of carboxylic acid groups (broad SMARTS) is 1. The lowest BCUT2D eigenvalue weighted by Gasteiger charge is -2.23. The molecule has 106 valence electrons. The Bertz CT molecular complexity index is 583. The number of carbonyl (C=O) groups is 1. The third kappa shape index (κ3) is 2.66. The number of hydrogen-bond acceptors (Lipinski definition) is 5. The van der Waals surface area contributed by atoms with E-state index in [1.165, 1.54) is 4.68 Å². The van der Waals surface area contributed by atoms with Gasteiger partial charge in [0.15, 0.2) is 11.4 Å². The number of carboxylic acids is 1. The number of tetrazole rings is 1. The molecule has 20 heavy (non-hydrogen) atoms. The minimum atomic E-state index is -1.11. The van der Waals surface area contributed by atoms with E-state index in [1.54, 1.807) is 19.3 Å². The summed E-state index contributed by atoms with van der Waals surface area (Å²) in [4.78, 5) is 15.4. The Hall–Kier alpha value is -2.31. The predicted molar refractivity (Wildman–Crippen MR) is 71.0 cm³/mol. The Morgan fingerprint density at radius 1 is 1.35 bits per heavy atom. The predicted octanol–water partition coefficient (Wildman–Crippen LogP) is 1.06. The molecule has 0 aliphatic heterocycles. The van der Waals surface area contributed by atoms with E-state index >= 15 is 0 Å². The van der Waals surface area contributed by atoms with Crippen LogP contribution in [0, 0.1) is 0 Å². The first kappa shape index (κ1) is 14.1. The summed E-state index contributed by atoms with van der Waals surface area (Å²) < 4.78 is 1.41. The van der Waals surface area contributed by atoms with Gasteiger partial charge < -0.3 is 5.11 Å². The SMILES string of the molecule is CCC(C)(C(=O)O)n1nnnc1CCc1ccncc1. The molecule has 1 N–H and O–H groups in total. The Labute approximate surface area is 116 Å². The average Bonchev–Trinajstić information content (AvgIpc) is 2.94. The van der Waals surface area contributed by atoms with E-state index in [2.05, 4.69) is 20.5 Å². The minimum Gasteiger partial charge on any atom is -0.479 e. The Balaban J connectivity index is 2.19. The first-order chi connectivity index (χ1) is 9.58. The van der Waals surface area contributed by atoms with E-state index < -0.39 is 11.5 Å². The lowest BCUT2D eigenvalue weighted by atomic mass is 9.99. The first-order valence-corrected chi connectivity index (χ1v) is 6.48. The molecule has 2 aromatic rings. The van der Waals surface area contributed by atoms with Gasteiger partial charge in [0.05, 0.1) is 0 Å². The van der Waals surface area contributed by atoms with Gasteiger partial charge in [-0.05, 0) is 47.9 Å². The summed E-state index contributed by atoms with van der Waals surface area (Å²) in [7, 11) is 0. The maximum Gasteiger partial charge on any atom is 0.331 e. The van der Waals surface area contributed by atoms with Gasteiger partial charge in [-0.3, -0.25) is 4.98 Å². The molecule has 0 bridgehead atoms. The van der Waals surface area contributed by atoms with Crippen molar-refractivity contribution in [2.75, 3.05) is 0 Å². The van der Waals surface area contributed by atoms with Gasteiger partial charge >= 0.3 is 5.97 Å². The van der Waals surface area contributed by atoms with Crippen LogP contribution in [0.15, 0.2) is 24.5 Å². The quantitative estimate of drug-likeness (QED) is 0.847. The number of nitrogens with zero attached hydrogens (tertiary/aromatic N) is 5. The lowest BCUT2D eigenvalue weighted by molar-refractivity contribution is -0.147. The van der Waals surface area contributed by atoms with Gasteiger partial charge in [-0.25, -0.2) is 9.48 Å². The zero-order valence-corrected chi connectivity index (χ0v) is 11.5. The highest BCUT2D eigenvalue weighted by atomic mass is 16.4. The van der Waals surface area contributed by atoms with Crippen molar-refractivity contribution in [1.29, 1.82) is 0 Å². The summed E-state index contributed by atoms with van der Waals surface area (Å²) in [6, 6.07) is 3.84. The van der Waals surface area contributed by atoms with Gasteiger partial charge in [-0.15, -0.1) is 5.10 Å². The van der Waals surface area contributed by atoms with Crippen LogP contribution in [0.2, 0.25) is 0 Å². The number of pyridine rings is 1. The fraction of sp³-hybridized carbons (Fsp3) is 0.462. The van der Waals surface area contributed by atoms with Crippen LogP contribution in [0.25, 0.3) is 0 Å². The molecule has 7 nitrogen and oxygen atoms in total. The molecule has 0 saturated carbocycles. The molecule has 7 heteroatoms. The second-order valence-corrected chi connectivity index (χ2v) is 4.79. The van der Waals surface area contributed by atoms with Crippen LogP contribution in [0.4, 0.5) is 0 Å². The highest BCUT2D eigenvalue weighted by Gasteiger charge is 2.36. The topological polar surface area (TPSA) is 93.8 Å². The summed E-state index contributed by atoms with van der Waals surface area (Å²) in [6.45, 7) is 3.43. The average molecular weight is 275 g/mol. The molecule has 0 amide bonds. The standard InChI is InChI=1S/C13H17N5O2/c1-3-13(2,12(19)20)18-11(15-16-17-18)5-4-10-6-8-14-9-7-10/h6-9H,3-5H2,1-2H3,(H,19,20). The fourth-order valence-electron chi connectivity index (χ4n) is 1.94. The van der Waals surface area contributed by atoms with Crippen LogP contribution in [0.5, 0.6) is 0 Å². The molecule has 0 aromatic carbocycles. The van der Waals surface area contributed by atoms with Crippen molar-refractivity contribution in [2.24, 2.45) is 0 Å². The van der Waals surface area contributed by atoms with Crippen LogP contribution in [0.3, 0.4) is 0 Å². The molecule has 2 rings (SSSR count). The van der Waals surface area contributed by atoms with Crippen LogP contribution in [-0.2, 0) is 23.2 Å². The Morgan fingerprint density at radius 2 is 2.05 bits per heavy atom. The summed E-state index contributed by atoms with van der Waals surface area (Å²) >= 11 is 0. The zero-order valence-electron chi connectivity index (χ0n) is 11.5. The van der Waals surface area contributed by atoms with Crippen molar-refractivity contribution in [3.8, 4) is 0 Å². The normalized spacial score (nSPS) is 13.9. The molecule has 0 aliphatic rings. The largest absolute Gasteiger partial charge is 0.479 e. The molecule has 0 fully saturated rings. The van der Waals surface area contributed by atoms with Crippen molar-refractivity contribution in [2.45, 2.75) is 38.6 Å². The van der Waals surface area contributed by atoms with E-state index in [-0.39, 0.29) is 0 Å². The third-order valence-corrected chi connectivity index (χ3v) is 3.54. The number of rotatable bonds is 6. The molecule has 1 unspecified atom stereocenters. The maximum absolute atomic E-state index is 11.5. The van der Waals surface area contributed by atoms with E-state index in [4.69, 9.17) is 0 Å². The molecule has 2 heterocycles. The molecule has 0 aliphatic carbocycles. The molecule has 0 saturated heterocycles. The number of aryl methyl sites for hydroxylation is 2. The monoisotopic (exact) mass is 275 g/mol. The summed E-state index contributed by atoms with van der Waals surface area (Å²) in [5, 5.41) is 20.8. The molecular weight excluding hydrogens is 258 g/mol. The van der Waals surface area contributed by atoms with E-state index in [0.717, 1.165) is 12.0 Å². The van der Waals surface area contributed by atoms with Gasteiger partial charge in [0.1, 0.15) is 0 Å². The zero-order chi connectivity index (χ0) is 14.6. The highest BCUT2D eigenvalue weighted by molar-refractivity contribution is 5.76. The second-order valence-electron chi connectivity index (χ2n) is 4.79. The number of hydrogen-bond donors (Lipinski definition) is 1. The molecular formula is C13H17N5O2. The smallest absolute Gasteiger partial charge is 0.331 e. The Morgan fingerprint density at radius 3 is 2.65 bits per heavy atom. The van der Waals surface area contributed by atoms with Crippen LogP contribution >= 0.6 is 0 Å². The fourth-order valence-corrected chi connectivity index (χ4v) is 1.94. The maximum atomic E-state index is 11.5. The van der Waals surface area contributed by atoms with Crippen molar-refractivity contribution in [1.82, 2.24) is 25.2 Å². The highest BCUT2D eigenvalue weighted by Crippen LogP contribution is 2.21. The van der Waals surface area contributed by atoms with E-state index in [1.807, 2.05) is 19.1 Å². The van der Waals surface area contributed by atoms with Crippen molar-refractivity contribution in [3.05, 3.63) is 35.9 Å². The van der Waals surface area contributed by atoms with Crippen LogP contribution in [-0.4, -0.2) is 36.3 Å². The summed E-state index contributed by atoms with van der Waals surface area (Å²) in [6.07, 6.45) is 5.19. The van der Waals surface area contributed by atoms with Crippen molar-refractivity contribution >= 4 is 5.97 Å². The van der Waals surface area contributed by atoms with Crippen molar-refractivity contribution in [3.63, 3.8) is 0 Å².